The van der Waals surface area contributed by atoms with Crippen molar-refractivity contribution in [1.82, 2.24) is 5.32 Å². The predicted octanol–water partition coefficient (Wildman–Crippen LogP) is 5.34. The summed E-state index contributed by atoms with van der Waals surface area (Å²) in [7, 11) is 0. The Morgan fingerprint density at radius 2 is 1.76 bits per heavy atom. The average Bonchev–Trinajstić information content (AvgIpc) is 2.43. The Morgan fingerprint density at radius 1 is 1.10 bits per heavy atom. The van der Waals surface area contributed by atoms with Gasteiger partial charge in [-0.2, -0.15) is 0 Å². The number of benzene rings is 1. The van der Waals surface area contributed by atoms with Crippen LogP contribution in [0.2, 0.25) is 0 Å². The van der Waals surface area contributed by atoms with Crippen molar-refractivity contribution in [2.45, 2.75) is 72.3 Å². The van der Waals surface area contributed by atoms with Gasteiger partial charge in [-0.1, -0.05) is 44.9 Å². The molecular formula is C19H32FN. The van der Waals surface area contributed by atoms with Crippen molar-refractivity contribution in [2.24, 2.45) is 5.41 Å². The summed E-state index contributed by atoms with van der Waals surface area (Å²) in [6.07, 6.45) is 5.43. The highest BCUT2D eigenvalue weighted by Crippen LogP contribution is 2.33. The van der Waals surface area contributed by atoms with E-state index in [1.165, 1.54) is 12.8 Å². The molecule has 0 saturated carbocycles. The first-order valence-electron chi connectivity index (χ1n) is 8.30. The minimum atomic E-state index is -0.0671. The van der Waals surface area contributed by atoms with Crippen LogP contribution < -0.4 is 5.32 Å². The molecule has 1 N–H and O–H groups in total. The van der Waals surface area contributed by atoms with Crippen molar-refractivity contribution >= 4 is 0 Å². The smallest absolute Gasteiger partial charge is 0.126 e. The van der Waals surface area contributed by atoms with Crippen LogP contribution in [-0.2, 0) is 6.42 Å². The lowest BCUT2D eigenvalue weighted by Gasteiger charge is -2.37. The predicted molar refractivity (Wildman–Crippen MR) is 90.1 cm³/mol. The number of hydrogen-bond acceptors (Lipinski definition) is 1. The maximum absolute atomic E-state index is 14.0. The van der Waals surface area contributed by atoms with E-state index in [-0.39, 0.29) is 16.8 Å². The molecule has 0 bridgehead atoms. The molecule has 1 aromatic carbocycles. The first kappa shape index (κ1) is 18.2. The highest BCUT2D eigenvalue weighted by atomic mass is 19.1. The zero-order valence-electron chi connectivity index (χ0n) is 14.4. The fourth-order valence-corrected chi connectivity index (χ4v) is 2.72. The van der Waals surface area contributed by atoms with Crippen LogP contribution >= 0.6 is 0 Å². The monoisotopic (exact) mass is 293 g/mol. The summed E-state index contributed by atoms with van der Waals surface area (Å²) in [6, 6.07) is 7.22. The number of unbranched alkanes of at least 4 members (excludes halogenated alkanes) is 1. The molecule has 0 saturated heterocycles. The summed E-state index contributed by atoms with van der Waals surface area (Å²) in [5, 5.41) is 3.64. The van der Waals surface area contributed by atoms with Crippen molar-refractivity contribution in [3.05, 3.63) is 35.6 Å². The molecule has 0 radical (unpaired) electrons. The van der Waals surface area contributed by atoms with Gasteiger partial charge in [0.25, 0.3) is 0 Å². The molecule has 1 unspecified atom stereocenters. The average molecular weight is 293 g/mol. The van der Waals surface area contributed by atoms with Crippen molar-refractivity contribution in [2.75, 3.05) is 6.54 Å². The van der Waals surface area contributed by atoms with Gasteiger partial charge in [0, 0.05) is 12.1 Å². The molecule has 0 heterocycles. The van der Waals surface area contributed by atoms with Gasteiger partial charge in [-0.25, -0.2) is 4.39 Å². The second kappa shape index (κ2) is 7.93. The van der Waals surface area contributed by atoms with Crippen LogP contribution in [0.25, 0.3) is 0 Å². The van der Waals surface area contributed by atoms with Crippen LogP contribution in [0, 0.1) is 11.2 Å². The molecule has 1 rings (SSSR count). The standard InChI is InChI=1S/C19H32FN/c1-6-8-13-19(7-2,15-21-18(3,4)5)14-16-11-9-10-12-17(16)20/h9-12,21H,6-8,13-15H2,1-5H3. The van der Waals surface area contributed by atoms with Crippen molar-refractivity contribution in [1.29, 1.82) is 0 Å². The maximum Gasteiger partial charge on any atom is 0.126 e. The first-order chi connectivity index (χ1) is 9.82. The van der Waals surface area contributed by atoms with E-state index in [1.807, 2.05) is 12.1 Å². The van der Waals surface area contributed by atoms with E-state index in [0.29, 0.717) is 0 Å². The first-order valence-corrected chi connectivity index (χ1v) is 8.30. The van der Waals surface area contributed by atoms with Crippen LogP contribution in [0.3, 0.4) is 0 Å². The zero-order valence-corrected chi connectivity index (χ0v) is 14.4. The van der Waals surface area contributed by atoms with E-state index in [4.69, 9.17) is 0 Å². The Kier molecular flexibility index (Phi) is 6.86. The highest BCUT2D eigenvalue weighted by Gasteiger charge is 2.30. The second-order valence-corrected chi connectivity index (χ2v) is 7.33. The Bertz CT molecular complexity index is 422. The zero-order chi connectivity index (χ0) is 15.9. The topological polar surface area (TPSA) is 12.0 Å². The molecule has 1 atom stereocenters. The van der Waals surface area contributed by atoms with Gasteiger partial charge in [0.2, 0.25) is 0 Å². The largest absolute Gasteiger partial charge is 0.312 e. The lowest BCUT2D eigenvalue weighted by atomic mass is 9.74. The van der Waals surface area contributed by atoms with Gasteiger partial charge in [0.05, 0.1) is 0 Å². The Labute approximate surface area is 130 Å². The normalized spacial score (nSPS) is 15.0. The van der Waals surface area contributed by atoms with Crippen molar-refractivity contribution < 1.29 is 4.39 Å². The number of halogens is 1. The Morgan fingerprint density at radius 3 is 2.29 bits per heavy atom. The molecule has 1 nitrogen and oxygen atoms in total. The summed E-state index contributed by atoms with van der Waals surface area (Å²) in [6.45, 7) is 12.0. The molecule has 2 heteroatoms. The van der Waals surface area contributed by atoms with Gasteiger partial charge in [-0.05, 0) is 57.1 Å². The maximum atomic E-state index is 14.0. The molecule has 0 aliphatic heterocycles. The minimum Gasteiger partial charge on any atom is -0.312 e. The van der Waals surface area contributed by atoms with E-state index in [1.54, 1.807) is 12.1 Å². The molecular weight excluding hydrogens is 261 g/mol. The van der Waals surface area contributed by atoms with Gasteiger partial charge < -0.3 is 5.32 Å². The van der Waals surface area contributed by atoms with Crippen LogP contribution in [0.5, 0.6) is 0 Å². The molecule has 0 amide bonds. The van der Waals surface area contributed by atoms with Gasteiger partial charge in [0.15, 0.2) is 0 Å². The van der Waals surface area contributed by atoms with E-state index in [0.717, 1.165) is 31.4 Å². The van der Waals surface area contributed by atoms with E-state index in [2.05, 4.69) is 39.9 Å². The van der Waals surface area contributed by atoms with Crippen LogP contribution in [0.1, 0.15) is 65.9 Å². The Hall–Kier alpha value is -0.890. The fraction of sp³-hybridized carbons (Fsp3) is 0.684. The molecule has 0 aliphatic carbocycles. The Balaban J connectivity index is 2.91. The third-order valence-electron chi connectivity index (χ3n) is 4.33. The number of nitrogens with one attached hydrogen (secondary N) is 1. The van der Waals surface area contributed by atoms with Crippen LogP contribution in [0.15, 0.2) is 24.3 Å². The van der Waals surface area contributed by atoms with E-state index in [9.17, 15) is 4.39 Å². The third kappa shape index (κ3) is 6.17. The molecule has 0 aromatic heterocycles. The molecule has 0 aliphatic rings. The van der Waals surface area contributed by atoms with Crippen LogP contribution in [0.4, 0.5) is 4.39 Å². The molecule has 21 heavy (non-hydrogen) atoms. The van der Waals surface area contributed by atoms with Gasteiger partial charge in [-0.3, -0.25) is 0 Å². The van der Waals surface area contributed by atoms with Gasteiger partial charge in [-0.15, -0.1) is 0 Å². The second-order valence-electron chi connectivity index (χ2n) is 7.33. The summed E-state index contributed by atoms with van der Waals surface area (Å²) >= 11 is 0. The third-order valence-corrected chi connectivity index (χ3v) is 4.33. The van der Waals surface area contributed by atoms with E-state index < -0.39 is 0 Å². The van der Waals surface area contributed by atoms with E-state index >= 15 is 0 Å². The lowest BCUT2D eigenvalue weighted by molar-refractivity contribution is 0.204. The fourth-order valence-electron chi connectivity index (χ4n) is 2.72. The molecule has 0 fully saturated rings. The van der Waals surface area contributed by atoms with Crippen molar-refractivity contribution in [3.8, 4) is 0 Å². The SMILES string of the molecule is CCCCC(CC)(CNC(C)(C)C)Cc1ccccc1F. The number of rotatable bonds is 8. The minimum absolute atomic E-state index is 0.0671. The summed E-state index contributed by atoms with van der Waals surface area (Å²) in [5.74, 6) is -0.0671. The highest BCUT2D eigenvalue weighted by molar-refractivity contribution is 5.19. The number of hydrogen-bond donors (Lipinski definition) is 1. The molecule has 120 valence electrons. The molecule has 1 aromatic rings. The lowest BCUT2D eigenvalue weighted by Crippen LogP contribution is -2.44. The van der Waals surface area contributed by atoms with Gasteiger partial charge in [0.1, 0.15) is 5.82 Å². The summed E-state index contributed by atoms with van der Waals surface area (Å²) in [5.41, 5.74) is 1.10. The summed E-state index contributed by atoms with van der Waals surface area (Å²) < 4.78 is 14.0. The molecule has 0 spiro atoms. The van der Waals surface area contributed by atoms with Crippen molar-refractivity contribution in [3.63, 3.8) is 0 Å². The van der Waals surface area contributed by atoms with Gasteiger partial charge >= 0.3 is 0 Å². The quantitative estimate of drug-likeness (QED) is 0.682. The van der Waals surface area contributed by atoms with Crippen LogP contribution in [-0.4, -0.2) is 12.1 Å². The summed E-state index contributed by atoms with van der Waals surface area (Å²) in [4.78, 5) is 0.